The van der Waals surface area contributed by atoms with E-state index in [1.54, 1.807) is 6.20 Å². The van der Waals surface area contributed by atoms with Gasteiger partial charge in [-0.15, -0.1) is 0 Å². The zero-order chi connectivity index (χ0) is 11.7. The van der Waals surface area contributed by atoms with Gasteiger partial charge in [-0.1, -0.05) is 6.07 Å². The Morgan fingerprint density at radius 1 is 1.47 bits per heavy atom. The van der Waals surface area contributed by atoms with E-state index in [1.807, 2.05) is 12.3 Å². The molecule has 2 aromatic rings. The molecule has 4 heteroatoms. The second-order valence-electron chi connectivity index (χ2n) is 4.67. The zero-order valence-electron chi connectivity index (χ0n) is 9.69. The molecule has 0 saturated carbocycles. The first-order valence-electron chi connectivity index (χ1n) is 6.02. The molecule has 0 aromatic carbocycles. The molecule has 1 aliphatic rings. The lowest BCUT2D eigenvalue weighted by Gasteiger charge is -2.17. The quantitative estimate of drug-likeness (QED) is 0.812. The second-order valence-corrected chi connectivity index (χ2v) is 4.67. The van der Waals surface area contributed by atoms with E-state index in [0.717, 1.165) is 31.4 Å². The molecule has 1 unspecified atom stereocenters. The molecule has 0 spiro atoms. The predicted octanol–water partition coefficient (Wildman–Crippen LogP) is 1.21. The van der Waals surface area contributed by atoms with Gasteiger partial charge in [0.25, 0.3) is 0 Å². The van der Waals surface area contributed by atoms with E-state index in [4.69, 9.17) is 5.73 Å². The average Bonchev–Trinajstić information content (AvgIpc) is 2.73. The highest BCUT2D eigenvalue weighted by Gasteiger charge is 2.20. The smallest absolute Gasteiger partial charge is 0.0701 e. The fraction of sp³-hybridized carbons (Fsp3) is 0.385. The van der Waals surface area contributed by atoms with Crippen molar-refractivity contribution in [2.45, 2.75) is 31.7 Å². The molecule has 4 nitrogen and oxygen atoms in total. The third kappa shape index (κ3) is 2.08. The van der Waals surface area contributed by atoms with Crippen molar-refractivity contribution in [3.63, 3.8) is 0 Å². The van der Waals surface area contributed by atoms with Gasteiger partial charge < -0.3 is 5.73 Å². The van der Waals surface area contributed by atoms with Crippen molar-refractivity contribution in [3.8, 4) is 0 Å². The molecule has 2 aromatic heterocycles. The fourth-order valence-corrected chi connectivity index (χ4v) is 2.44. The number of H-pyrrole nitrogens is 1. The Kier molecular flexibility index (Phi) is 2.65. The van der Waals surface area contributed by atoms with Gasteiger partial charge in [0, 0.05) is 37.0 Å². The van der Waals surface area contributed by atoms with Gasteiger partial charge in [0.2, 0.25) is 0 Å². The molecule has 3 rings (SSSR count). The number of aromatic nitrogens is 3. The van der Waals surface area contributed by atoms with Crippen molar-refractivity contribution in [1.82, 2.24) is 15.2 Å². The van der Waals surface area contributed by atoms with Gasteiger partial charge in [0.05, 0.1) is 5.69 Å². The van der Waals surface area contributed by atoms with Crippen LogP contribution in [-0.2, 0) is 19.3 Å². The first kappa shape index (κ1) is 10.5. The molecular weight excluding hydrogens is 212 g/mol. The standard InChI is InChI=1S/C13H16N4/c14-10-3-4-11-12(16-17-13(11)7-10)6-9-2-1-5-15-8-9/h1-2,5,8,10H,3-4,6-7,14H2,(H,16,17). The molecule has 0 radical (unpaired) electrons. The molecule has 0 amide bonds. The van der Waals surface area contributed by atoms with Gasteiger partial charge in [-0.2, -0.15) is 5.10 Å². The summed E-state index contributed by atoms with van der Waals surface area (Å²) in [6, 6.07) is 4.33. The zero-order valence-corrected chi connectivity index (χ0v) is 9.69. The Morgan fingerprint density at radius 2 is 2.41 bits per heavy atom. The number of aromatic amines is 1. The summed E-state index contributed by atoms with van der Waals surface area (Å²) in [6.07, 6.45) is 7.58. The van der Waals surface area contributed by atoms with E-state index >= 15 is 0 Å². The SMILES string of the molecule is NC1CCc2c(Cc3cccnc3)n[nH]c2C1. The predicted molar refractivity (Wildman–Crippen MR) is 65.6 cm³/mol. The number of nitrogens with one attached hydrogen (secondary N) is 1. The third-order valence-corrected chi connectivity index (χ3v) is 3.36. The Balaban J connectivity index is 1.85. The minimum Gasteiger partial charge on any atom is -0.327 e. The second kappa shape index (κ2) is 4.30. The molecular formula is C13H16N4. The largest absolute Gasteiger partial charge is 0.327 e. The van der Waals surface area contributed by atoms with Crippen molar-refractivity contribution < 1.29 is 0 Å². The lowest BCUT2D eigenvalue weighted by molar-refractivity contribution is 0.568. The number of nitrogens with two attached hydrogens (primary N) is 1. The number of rotatable bonds is 2. The van der Waals surface area contributed by atoms with Crippen LogP contribution >= 0.6 is 0 Å². The number of fused-ring (bicyclic) bond motifs is 1. The Morgan fingerprint density at radius 3 is 3.24 bits per heavy atom. The molecule has 0 aliphatic heterocycles. The van der Waals surface area contributed by atoms with Crippen LogP contribution in [0.3, 0.4) is 0 Å². The highest BCUT2D eigenvalue weighted by molar-refractivity contribution is 5.32. The first-order chi connectivity index (χ1) is 8.33. The summed E-state index contributed by atoms with van der Waals surface area (Å²) in [6.45, 7) is 0. The Labute approximate surface area is 100 Å². The van der Waals surface area contributed by atoms with Crippen LogP contribution in [0.1, 0.15) is 28.9 Å². The van der Waals surface area contributed by atoms with Crippen molar-refractivity contribution in [2.75, 3.05) is 0 Å². The van der Waals surface area contributed by atoms with E-state index in [9.17, 15) is 0 Å². The summed E-state index contributed by atoms with van der Waals surface area (Å²) in [4.78, 5) is 4.13. The van der Waals surface area contributed by atoms with Gasteiger partial charge in [-0.25, -0.2) is 0 Å². The third-order valence-electron chi connectivity index (χ3n) is 3.36. The summed E-state index contributed by atoms with van der Waals surface area (Å²) < 4.78 is 0. The van der Waals surface area contributed by atoms with Gasteiger partial charge in [0.1, 0.15) is 0 Å². The topological polar surface area (TPSA) is 67.6 Å². The maximum absolute atomic E-state index is 5.95. The summed E-state index contributed by atoms with van der Waals surface area (Å²) in [5.74, 6) is 0. The average molecular weight is 228 g/mol. The minimum atomic E-state index is 0.286. The molecule has 1 aliphatic carbocycles. The van der Waals surface area contributed by atoms with Crippen LogP contribution in [0.4, 0.5) is 0 Å². The molecule has 0 saturated heterocycles. The lowest BCUT2D eigenvalue weighted by atomic mass is 9.91. The maximum Gasteiger partial charge on any atom is 0.0701 e. The van der Waals surface area contributed by atoms with Crippen LogP contribution in [0, 0.1) is 0 Å². The van der Waals surface area contributed by atoms with E-state index < -0.39 is 0 Å². The number of pyridine rings is 1. The normalized spacial score (nSPS) is 19.0. The molecule has 88 valence electrons. The van der Waals surface area contributed by atoms with Crippen molar-refractivity contribution in [2.24, 2.45) is 5.73 Å². The van der Waals surface area contributed by atoms with Crippen molar-refractivity contribution in [3.05, 3.63) is 47.0 Å². The lowest BCUT2D eigenvalue weighted by Crippen LogP contribution is -2.27. The number of hydrogen-bond donors (Lipinski definition) is 2. The Hall–Kier alpha value is -1.68. The van der Waals surface area contributed by atoms with Crippen molar-refractivity contribution >= 4 is 0 Å². The summed E-state index contributed by atoms with van der Waals surface area (Å²) in [5.41, 5.74) is 10.9. The van der Waals surface area contributed by atoms with Gasteiger partial charge >= 0.3 is 0 Å². The monoisotopic (exact) mass is 228 g/mol. The summed E-state index contributed by atoms with van der Waals surface area (Å²) >= 11 is 0. The van der Waals surface area contributed by atoms with E-state index in [-0.39, 0.29) is 6.04 Å². The van der Waals surface area contributed by atoms with Crippen LogP contribution < -0.4 is 5.73 Å². The van der Waals surface area contributed by atoms with Crippen molar-refractivity contribution in [1.29, 1.82) is 0 Å². The number of hydrogen-bond acceptors (Lipinski definition) is 3. The fourth-order valence-electron chi connectivity index (χ4n) is 2.44. The minimum absolute atomic E-state index is 0.286. The molecule has 0 fully saturated rings. The first-order valence-corrected chi connectivity index (χ1v) is 6.02. The van der Waals surface area contributed by atoms with E-state index in [0.29, 0.717) is 0 Å². The highest BCUT2D eigenvalue weighted by Crippen LogP contribution is 2.23. The van der Waals surface area contributed by atoms with Crippen LogP contribution in [0.15, 0.2) is 24.5 Å². The van der Waals surface area contributed by atoms with Crippen LogP contribution in [0.25, 0.3) is 0 Å². The molecule has 17 heavy (non-hydrogen) atoms. The Bertz CT molecular complexity index is 503. The molecule has 2 heterocycles. The summed E-state index contributed by atoms with van der Waals surface area (Å²) in [5, 5.41) is 7.55. The van der Waals surface area contributed by atoms with E-state index in [1.165, 1.54) is 16.8 Å². The maximum atomic E-state index is 5.95. The highest BCUT2D eigenvalue weighted by atomic mass is 15.1. The van der Waals surface area contributed by atoms with Crippen LogP contribution in [0.5, 0.6) is 0 Å². The number of nitrogens with zero attached hydrogens (tertiary/aromatic N) is 2. The van der Waals surface area contributed by atoms with E-state index in [2.05, 4.69) is 21.2 Å². The molecule has 3 N–H and O–H groups in total. The van der Waals surface area contributed by atoms with Crippen LogP contribution in [-0.4, -0.2) is 21.2 Å². The summed E-state index contributed by atoms with van der Waals surface area (Å²) in [7, 11) is 0. The van der Waals surface area contributed by atoms with Gasteiger partial charge in [-0.3, -0.25) is 10.1 Å². The van der Waals surface area contributed by atoms with Gasteiger partial charge in [-0.05, 0) is 30.0 Å². The molecule has 1 atom stereocenters. The molecule has 0 bridgehead atoms. The van der Waals surface area contributed by atoms with Gasteiger partial charge in [0.15, 0.2) is 0 Å². The van der Waals surface area contributed by atoms with Crippen LogP contribution in [0.2, 0.25) is 0 Å².